The average Bonchev–Trinajstić information content (AvgIpc) is 2.46. The summed E-state index contributed by atoms with van der Waals surface area (Å²) in [5.74, 6) is 1.12. The summed E-state index contributed by atoms with van der Waals surface area (Å²) in [5, 5.41) is 15.7. The van der Waals surface area contributed by atoms with Crippen molar-refractivity contribution < 1.29 is 19.4 Å². The number of rotatable bonds is 5. The lowest BCUT2D eigenvalue weighted by Gasteiger charge is -2.15. The van der Waals surface area contributed by atoms with E-state index in [4.69, 9.17) is 25.2 Å². The van der Waals surface area contributed by atoms with Gasteiger partial charge in [-0.3, -0.25) is 5.21 Å². The molecular weight excluding hydrogens is 332 g/mol. The van der Waals surface area contributed by atoms with Gasteiger partial charge in [0.15, 0.2) is 11.5 Å². The van der Waals surface area contributed by atoms with Crippen LogP contribution in [0.5, 0.6) is 17.2 Å². The van der Waals surface area contributed by atoms with Crippen LogP contribution in [0, 0.1) is 0 Å². The molecule has 8 nitrogen and oxygen atoms in total. The number of hydroxylamine groups is 1. The van der Waals surface area contributed by atoms with Gasteiger partial charge in [0, 0.05) is 5.56 Å². The van der Waals surface area contributed by atoms with Crippen LogP contribution >= 0.6 is 15.9 Å². The average molecular weight is 347 g/mol. The van der Waals surface area contributed by atoms with Crippen molar-refractivity contribution in [2.24, 2.45) is 15.9 Å². The SMILES string of the molecule is COc1c(Br)cc(/C=N/N=C(N)NO)c(OC)c1OC. The normalized spacial score (nSPS) is 11.6. The summed E-state index contributed by atoms with van der Waals surface area (Å²) in [5.41, 5.74) is 7.48. The van der Waals surface area contributed by atoms with Crippen molar-refractivity contribution in [1.29, 1.82) is 0 Å². The van der Waals surface area contributed by atoms with Gasteiger partial charge in [0.2, 0.25) is 11.7 Å². The molecule has 1 aromatic rings. The maximum Gasteiger partial charge on any atom is 0.237 e. The molecule has 110 valence electrons. The molecule has 0 fully saturated rings. The lowest BCUT2D eigenvalue weighted by molar-refractivity contribution is 0.232. The van der Waals surface area contributed by atoms with Gasteiger partial charge in [-0.05, 0) is 22.0 Å². The van der Waals surface area contributed by atoms with Crippen LogP contribution in [0.3, 0.4) is 0 Å². The number of halogens is 1. The van der Waals surface area contributed by atoms with Gasteiger partial charge in [-0.25, -0.2) is 5.48 Å². The molecule has 4 N–H and O–H groups in total. The summed E-state index contributed by atoms with van der Waals surface area (Å²) in [6.07, 6.45) is 1.40. The van der Waals surface area contributed by atoms with E-state index in [2.05, 4.69) is 26.1 Å². The van der Waals surface area contributed by atoms with E-state index in [1.54, 1.807) is 11.5 Å². The van der Waals surface area contributed by atoms with E-state index >= 15 is 0 Å². The molecule has 9 heteroatoms. The smallest absolute Gasteiger partial charge is 0.237 e. The minimum absolute atomic E-state index is 0.236. The topological polar surface area (TPSA) is 111 Å². The van der Waals surface area contributed by atoms with Crippen LogP contribution in [0.1, 0.15) is 5.56 Å². The highest BCUT2D eigenvalue weighted by atomic mass is 79.9. The van der Waals surface area contributed by atoms with Crippen LogP contribution in [0.25, 0.3) is 0 Å². The fourth-order valence-corrected chi connectivity index (χ4v) is 2.06. The Morgan fingerprint density at radius 2 is 1.85 bits per heavy atom. The molecule has 0 aromatic heterocycles. The third-order valence-corrected chi connectivity index (χ3v) is 2.85. The Bertz CT molecular complexity index is 534. The maximum absolute atomic E-state index is 8.48. The summed E-state index contributed by atoms with van der Waals surface area (Å²) in [4.78, 5) is 0. The zero-order valence-electron chi connectivity index (χ0n) is 11.2. The number of benzene rings is 1. The van der Waals surface area contributed by atoms with Crippen molar-refractivity contribution in [2.45, 2.75) is 0 Å². The molecule has 1 rings (SSSR count). The highest BCUT2D eigenvalue weighted by Crippen LogP contribution is 2.44. The Kier molecular flexibility index (Phi) is 6.07. The van der Waals surface area contributed by atoms with E-state index in [1.807, 2.05) is 0 Å². The van der Waals surface area contributed by atoms with Crippen molar-refractivity contribution in [3.05, 3.63) is 16.1 Å². The molecule has 0 unspecified atom stereocenters. The molecule has 0 radical (unpaired) electrons. The van der Waals surface area contributed by atoms with Crippen LogP contribution in [0.4, 0.5) is 0 Å². The van der Waals surface area contributed by atoms with Crippen molar-refractivity contribution in [2.75, 3.05) is 21.3 Å². The van der Waals surface area contributed by atoms with E-state index in [1.165, 1.54) is 27.5 Å². The number of ether oxygens (including phenoxy) is 3. The van der Waals surface area contributed by atoms with Crippen LogP contribution in [-0.4, -0.2) is 38.7 Å². The van der Waals surface area contributed by atoms with Gasteiger partial charge in [0.1, 0.15) is 0 Å². The van der Waals surface area contributed by atoms with E-state index < -0.39 is 0 Å². The Labute approximate surface area is 124 Å². The first kappa shape index (κ1) is 16.1. The van der Waals surface area contributed by atoms with Crippen LogP contribution in [0.2, 0.25) is 0 Å². The van der Waals surface area contributed by atoms with Crippen molar-refractivity contribution in [1.82, 2.24) is 5.48 Å². The Hall–Kier alpha value is -2.00. The largest absolute Gasteiger partial charge is 0.492 e. The van der Waals surface area contributed by atoms with Crippen molar-refractivity contribution in [3.8, 4) is 17.2 Å². The van der Waals surface area contributed by atoms with Gasteiger partial charge in [-0.15, -0.1) is 5.10 Å². The zero-order valence-corrected chi connectivity index (χ0v) is 12.8. The van der Waals surface area contributed by atoms with Gasteiger partial charge < -0.3 is 19.9 Å². The number of hydrogen-bond acceptors (Lipinski definition) is 6. The number of nitrogens with two attached hydrogens (primary N) is 1. The summed E-state index contributed by atoms with van der Waals surface area (Å²) in [6, 6.07) is 1.72. The number of guanidine groups is 1. The number of nitrogens with zero attached hydrogens (tertiary/aromatic N) is 2. The molecule has 0 bridgehead atoms. The Balaban J connectivity index is 3.30. The fourth-order valence-electron chi connectivity index (χ4n) is 1.47. The predicted octanol–water partition coefficient (Wildman–Crippen LogP) is 1.10. The Morgan fingerprint density at radius 1 is 1.25 bits per heavy atom. The second-order valence-electron chi connectivity index (χ2n) is 3.39. The minimum atomic E-state index is -0.236. The first-order valence-corrected chi connectivity index (χ1v) is 6.13. The number of methoxy groups -OCH3 is 3. The van der Waals surface area contributed by atoms with E-state index in [0.29, 0.717) is 27.3 Å². The third-order valence-electron chi connectivity index (χ3n) is 2.26. The van der Waals surface area contributed by atoms with Gasteiger partial charge in [0.05, 0.1) is 32.0 Å². The van der Waals surface area contributed by atoms with Gasteiger partial charge >= 0.3 is 0 Å². The highest BCUT2D eigenvalue weighted by molar-refractivity contribution is 9.10. The molecule has 1 aromatic carbocycles. The van der Waals surface area contributed by atoms with Gasteiger partial charge in [0.25, 0.3) is 0 Å². The van der Waals surface area contributed by atoms with Gasteiger partial charge in [-0.2, -0.15) is 5.10 Å². The monoisotopic (exact) mass is 346 g/mol. The predicted molar refractivity (Wildman–Crippen MR) is 77.9 cm³/mol. The summed E-state index contributed by atoms with van der Waals surface area (Å²) < 4.78 is 16.5. The molecule has 20 heavy (non-hydrogen) atoms. The number of hydrogen-bond donors (Lipinski definition) is 3. The standard InChI is InChI=1S/C11H15BrN4O4/c1-18-8-6(5-14-15-11(13)16-17)4-7(12)9(19-2)10(8)20-3/h4-5,17H,1-3H3,(H3,13,15,16)/b14-5+. The summed E-state index contributed by atoms with van der Waals surface area (Å²) in [7, 11) is 4.52. The molecule has 0 atom stereocenters. The second-order valence-corrected chi connectivity index (χ2v) is 4.24. The van der Waals surface area contributed by atoms with Crippen LogP contribution in [-0.2, 0) is 0 Å². The number of nitrogens with one attached hydrogen (secondary N) is 1. The first-order valence-electron chi connectivity index (χ1n) is 5.34. The Morgan fingerprint density at radius 3 is 2.35 bits per heavy atom. The molecule has 0 heterocycles. The van der Waals surface area contributed by atoms with Crippen LogP contribution in [0.15, 0.2) is 20.7 Å². The van der Waals surface area contributed by atoms with E-state index in [0.717, 1.165) is 0 Å². The fraction of sp³-hybridized carbons (Fsp3) is 0.273. The van der Waals surface area contributed by atoms with Gasteiger partial charge in [-0.1, -0.05) is 0 Å². The third kappa shape index (κ3) is 3.52. The van der Waals surface area contributed by atoms with Crippen LogP contribution < -0.4 is 25.4 Å². The summed E-state index contributed by atoms with van der Waals surface area (Å²) in [6.45, 7) is 0. The first-order chi connectivity index (χ1) is 9.58. The zero-order chi connectivity index (χ0) is 15.1. The lowest BCUT2D eigenvalue weighted by Crippen LogP contribution is -2.27. The van der Waals surface area contributed by atoms with Crippen molar-refractivity contribution in [3.63, 3.8) is 0 Å². The molecule has 0 aliphatic carbocycles. The molecule has 0 amide bonds. The quantitative estimate of drug-likeness (QED) is 0.418. The summed E-state index contributed by atoms with van der Waals surface area (Å²) >= 11 is 3.36. The lowest BCUT2D eigenvalue weighted by atomic mass is 10.2. The van der Waals surface area contributed by atoms with E-state index in [-0.39, 0.29) is 5.96 Å². The molecule has 0 aliphatic heterocycles. The van der Waals surface area contributed by atoms with E-state index in [9.17, 15) is 0 Å². The molecule has 0 saturated carbocycles. The maximum atomic E-state index is 8.48. The molecule has 0 saturated heterocycles. The molecule has 0 spiro atoms. The minimum Gasteiger partial charge on any atom is -0.492 e. The van der Waals surface area contributed by atoms with Crippen molar-refractivity contribution >= 4 is 28.1 Å². The molecular formula is C11H15BrN4O4. The second kappa shape index (κ2) is 7.56. The molecule has 0 aliphatic rings. The highest BCUT2D eigenvalue weighted by Gasteiger charge is 2.18.